The van der Waals surface area contributed by atoms with Crippen molar-refractivity contribution in [2.75, 3.05) is 31.0 Å². The van der Waals surface area contributed by atoms with Gasteiger partial charge in [0.1, 0.15) is 17.2 Å². The maximum atomic E-state index is 12.2. The highest BCUT2D eigenvalue weighted by atomic mass is 16.5. The van der Waals surface area contributed by atoms with Crippen molar-refractivity contribution in [3.8, 4) is 17.2 Å². The first-order valence-corrected chi connectivity index (χ1v) is 11.0. The lowest BCUT2D eigenvalue weighted by atomic mass is 10.2. The fraction of sp³-hybridized carbons (Fsp3) is 0.154. The van der Waals surface area contributed by atoms with Crippen LogP contribution >= 0.6 is 0 Å². The van der Waals surface area contributed by atoms with E-state index in [0.29, 0.717) is 40.8 Å². The molecule has 0 aliphatic rings. The first-order chi connectivity index (χ1) is 17.5. The van der Waals surface area contributed by atoms with E-state index in [0.717, 1.165) is 0 Å². The summed E-state index contributed by atoms with van der Waals surface area (Å²) in [5.41, 5.74) is 3.64. The molecule has 0 unspecified atom stereocenters. The van der Waals surface area contributed by atoms with Gasteiger partial charge in [-0.1, -0.05) is 24.3 Å². The van der Waals surface area contributed by atoms with Gasteiger partial charge >= 0.3 is 11.8 Å². The van der Waals surface area contributed by atoms with Crippen molar-refractivity contribution in [1.82, 2.24) is 5.43 Å². The van der Waals surface area contributed by atoms with Gasteiger partial charge in [-0.2, -0.15) is 5.10 Å². The first-order valence-electron chi connectivity index (χ1n) is 11.0. The average Bonchev–Trinajstić information content (AvgIpc) is 2.89. The van der Waals surface area contributed by atoms with E-state index in [4.69, 9.17) is 14.2 Å². The van der Waals surface area contributed by atoms with E-state index >= 15 is 0 Å². The number of hydrazone groups is 1. The van der Waals surface area contributed by atoms with E-state index in [1.165, 1.54) is 6.21 Å². The molecule has 0 spiro atoms. The molecule has 0 aromatic heterocycles. The fourth-order valence-electron chi connectivity index (χ4n) is 2.97. The van der Waals surface area contributed by atoms with Crippen LogP contribution in [0.3, 0.4) is 0 Å². The Morgan fingerprint density at radius 2 is 1.53 bits per heavy atom. The molecule has 3 rings (SSSR count). The Morgan fingerprint density at radius 1 is 0.833 bits per heavy atom. The number of hydrogen-bond acceptors (Lipinski definition) is 7. The molecule has 0 saturated carbocycles. The number of para-hydroxylation sites is 3. The lowest BCUT2D eigenvalue weighted by Gasteiger charge is -2.10. The Bertz CT molecular complexity index is 1230. The maximum absolute atomic E-state index is 12.2. The van der Waals surface area contributed by atoms with Crippen molar-refractivity contribution in [2.24, 2.45) is 5.10 Å². The van der Waals surface area contributed by atoms with Crippen molar-refractivity contribution in [3.05, 3.63) is 78.4 Å². The Labute approximate surface area is 208 Å². The maximum Gasteiger partial charge on any atom is 0.329 e. The summed E-state index contributed by atoms with van der Waals surface area (Å²) in [6.07, 6.45) is 1.32. The van der Waals surface area contributed by atoms with E-state index in [1.807, 2.05) is 6.92 Å². The molecule has 0 heterocycles. The van der Waals surface area contributed by atoms with Gasteiger partial charge in [-0.25, -0.2) is 5.43 Å². The van der Waals surface area contributed by atoms with Crippen molar-refractivity contribution >= 4 is 35.3 Å². The number of methoxy groups -OCH3 is 1. The minimum Gasteiger partial charge on any atom is -0.497 e. The number of carbonyl (C=O) groups excluding carboxylic acids is 3. The van der Waals surface area contributed by atoms with Crippen LogP contribution in [0.4, 0.5) is 11.4 Å². The topological polar surface area (TPSA) is 127 Å². The minimum atomic E-state index is -0.963. The van der Waals surface area contributed by atoms with Crippen LogP contribution in [-0.4, -0.2) is 44.3 Å². The fourth-order valence-corrected chi connectivity index (χ4v) is 2.97. The molecule has 0 fully saturated rings. The number of rotatable bonds is 10. The van der Waals surface area contributed by atoms with Crippen molar-refractivity contribution < 1.29 is 28.6 Å². The number of carbonyl (C=O) groups is 3. The molecule has 3 aromatic carbocycles. The third kappa shape index (κ3) is 7.59. The number of benzene rings is 3. The molecule has 0 aliphatic carbocycles. The summed E-state index contributed by atoms with van der Waals surface area (Å²) in [6.45, 7) is 1.98. The van der Waals surface area contributed by atoms with Crippen LogP contribution in [0.2, 0.25) is 0 Å². The van der Waals surface area contributed by atoms with Gasteiger partial charge in [0.25, 0.3) is 5.91 Å². The largest absolute Gasteiger partial charge is 0.497 e. The predicted octanol–water partition coefficient (Wildman–Crippen LogP) is 3.20. The molecule has 10 heteroatoms. The van der Waals surface area contributed by atoms with Gasteiger partial charge in [0, 0.05) is 11.3 Å². The van der Waals surface area contributed by atoms with Gasteiger partial charge in [0.2, 0.25) is 0 Å². The number of ether oxygens (including phenoxy) is 3. The quantitative estimate of drug-likeness (QED) is 0.228. The van der Waals surface area contributed by atoms with Crippen LogP contribution < -0.4 is 30.3 Å². The van der Waals surface area contributed by atoms with Gasteiger partial charge < -0.3 is 24.8 Å². The van der Waals surface area contributed by atoms with Crippen LogP contribution in [0, 0.1) is 0 Å². The third-order valence-electron chi connectivity index (χ3n) is 4.66. The molecule has 0 aliphatic heterocycles. The summed E-state index contributed by atoms with van der Waals surface area (Å²) in [5, 5.41) is 9.04. The van der Waals surface area contributed by atoms with Crippen LogP contribution in [0.25, 0.3) is 0 Å². The van der Waals surface area contributed by atoms with E-state index in [1.54, 1.807) is 79.9 Å². The SMILES string of the molecule is CCOc1ccccc1NC(=O)C(=O)N/N=C\c1ccccc1OCC(=O)Nc1ccc(OC)cc1. The number of anilines is 2. The summed E-state index contributed by atoms with van der Waals surface area (Å²) in [6, 6.07) is 20.5. The van der Waals surface area contributed by atoms with Gasteiger partial charge in [0.05, 0.1) is 25.6 Å². The molecule has 10 nitrogen and oxygen atoms in total. The summed E-state index contributed by atoms with van der Waals surface area (Å²) in [5.74, 6) is -0.724. The molecule has 186 valence electrons. The molecule has 3 amide bonds. The van der Waals surface area contributed by atoms with Gasteiger partial charge in [-0.15, -0.1) is 0 Å². The monoisotopic (exact) mass is 490 g/mol. The van der Waals surface area contributed by atoms with Gasteiger partial charge in [0.15, 0.2) is 6.61 Å². The van der Waals surface area contributed by atoms with Crippen molar-refractivity contribution in [3.63, 3.8) is 0 Å². The van der Waals surface area contributed by atoms with E-state index in [9.17, 15) is 14.4 Å². The summed E-state index contributed by atoms with van der Waals surface area (Å²) < 4.78 is 16.1. The third-order valence-corrected chi connectivity index (χ3v) is 4.66. The lowest BCUT2D eigenvalue weighted by molar-refractivity contribution is -0.136. The Morgan fingerprint density at radius 3 is 2.25 bits per heavy atom. The second kappa shape index (κ2) is 13.1. The van der Waals surface area contributed by atoms with Crippen molar-refractivity contribution in [1.29, 1.82) is 0 Å². The zero-order chi connectivity index (χ0) is 25.8. The Hall–Kier alpha value is -4.86. The van der Waals surface area contributed by atoms with Crippen molar-refractivity contribution in [2.45, 2.75) is 6.92 Å². The highest BCUT2D eigenvalue weighted by molar-refractivity contribution is 6.39. The molecular formula is C26H26N4O6. The minimum absolute atomic E-state index is 0.245. The summed E-state index contributed by atoms with van der Waals surface area (Å²) in [4.78, 5) is 36.6. The Balaban J connectivity index is 1.53. The summed E-state index contributed by atoms with van der Waals surface area (Å²) >= 11 is 0. The molecule has 0 radical (unpaired) electrons. The predicted molar refractivity (Wildman–Crippen MR) is 136 cm³/mol. The average molecular weight is 491 g/mol. The number of nitrogens with zero attached hydrogens (tertiary/aromatic N) is 1. The van der Waals surface area contributed by atoms with Crippen LogP contribution in [0.15, 0.2) is 77.9 Å². The highest BCUT2D eigenvalue weighted by Crippen LogP contribution is 2.23. The molecule has 0 bridgehead atoms. The van der Waals surface area contributed by atoms with E-state index in [2.05, 4.69) is 21.2 Å². The van der Waals surface area contributed by atoms with Gasteiger partial charge in [-0.05, 0) is 55.5 Å². The van der Waals surface area contributed by atoms with Crippen LogP contribution in [0.5, 0.6) is 17.2 Å². The second-order valence-electron chi connectivity index (χ2n) is 7.19. The van der Waals surface area contributed by atoms with Gasteiger partial charge in [-0.3, -0.25) is 14.4 Å². The van der Waals surface area contributed by atoms with Crippen LogP contribution in [-0.2, 0) is 14.4 Å². The van der Waals surface area contributed by atoms with Crippen LogP contribution in [0.1, 0.15) is 12.5 Å². The molecule has 3 aromatic rings. The first kappa shape index (κ1) is 25.8. The Kier molecular flexibility index (Phi) is 9.40. The van der Waals surface area contributed by atoms with E-state index in [-0.39, 0.29) is 12.5 Å². The normalized spacial score (nSPS) is 10.4. The standard InChI is InChI=1S/C26H26N4O6/c1-3-35-23-11-7-5-9-21(23)29-25(32)26(33)30-27-16-18-8-4-6-10-22(18)36-17-24(31)28-19-12-14-20(34-2)15-13-19/h4-16H,3,17H2,1-2H3,(H,28,31)(H,29,32)(H,30,33)/b27-16-. The zero-order valence-corrected chi connectivity index (χ0v) is 19.8. The zero-order valence-electron chi connectivity index (χ0n) is 19.8. The number of hydrogen-bond donors (Lipinski definition) is 3. The molecule has 0 atom stereocenters. The lowest BCUT2D eigenvalue weighted by Crippen LogP contribution is -2.32. The smallest absolute Gasteiger partial charge is 0.329 e. The molecular weight excluding hydrogens is 464 g/mol. The molecule has 0 saturated heterocycles. The molecule has 3 N–H and O–H groups in total. The number of nitrogens with one attached hydrogen (secondary N) is 3. The molecule has 36 heavy (non-hydrogen) atoms. The highest BCUT2D eigenvalue weighted by Gasteiger charge is 2.15. The number of amides is 3. The summed E-state index contributed by atoms with van der Waals surface area (Å²) in [7, 11) is 1.56. The van der Waals surface area contributed by atoms with E-state index < -0.39 is 11.8 Å². The second-order valence-corrected chi connectivity index (χ2v) is 7.19.